The molecule has 0 fully saturated rings. The highest BCUT2D eigenvalue weighted by atomic mass is 35.5. The summed E-state index contributed by atoms with van der Waals surface area (Å²) >= 11 is 5.96. The summed E-state index contributed by atoms with van der Waals surface area (Å²) in [5.41, 5.74) is 6.46. The van der Waals surface area contributed by atoms with E-state index in [1.54, 1.807) is 30.3 Å². The molecule has 0 amide bonds. The zero-order valence-corrected chi connectivity index (χ0v) is 9.48. The number of hydrogen-bond acceptors (Lipinski definition) is 4. The van der Waals surface area contributed by atoms with Crippen LogP contribution in [0.25, 0.3) is 0 Å². The van der Waals surface area contributed by atoms with Crippen LogP contribution in [-0.2, 0) is 0 Å². The molecule has 0 saturated heterocycles. The molecule has 2 N–H and O–H groups in total. The minimum Gasteiger partial charge on any atom is -0.434 e. The molecule has 0 saturated carbocycles. The van der Waals surface area contributed by atoms with Gasteiger partial charge in [-0.15, -0.1) is 0 Å². The number of nitriles is 1. The molecule has 0 radical (unpaired) electrons. The van der Waals surface area contributed by atoms with E-state index >= 15 is 0 Å². The second-order valence-corrected chi connectivity index (χ2v) is 3.64. The Balaban J connectivity index is 2.42. The largest absolute Gasteiger partial charge is 0.434 e. The van der Waals surface area contributed by atoms with Crippen molar-refractivity contribution in [2.24, 2.45) is 0 Å². The Labute approximate surface area is 103 Å². The number of halogens is 1. The summed E-state index contributed by atoms with van der Waals surface area (Å²) < 4.78 is 5.47. The standard InChI is InChI=1S/C12H8ClN3O/c13-9-4-1-5-10(15)11(9)17-12-8(7-14)3-2-6-16-12/h1-6H,15H2. The number of para-hydroxylation sites is 1. The normalized spacial score (nSPS) is 9.65. The lowest BCUT2D eigenvalue weighted by molar-refractivity contribution is 0.464. The van der Waals surface area contributed by atoms with E-state index in [9.17, 15) is 0 Å². The lowest BCUT2D eigenvalue weighted by Gasteiger charge is -2.09. The maximum Gasteiger partial charge on any atom is 0.237 e. The van der Waals surface area contributed by atoms with Crippen molar-refractivity contribution in [1.29, 1.82) is 5.26 Å². The Bertz CT molecular complexity index is 572. The smallest absolute Gasteiger partial charge is 0.237 e. The molecule has 4 nitrogen and oxygen atoms in total. The van der Waals surface area contributed by atoms with Gasteiger partial charge in [-0.25, -0.2) is 4.98 Å². The first-order chi connectivity index (χ1) is 8.22. The second kappa shape index (κ2) is 4.73. The van der Waals surface area contributed by atoms with E-state index in [1.165, 1.54) is 6.20 Å². The van der Waals surface area contributed by atoms with Gasteiger partial charge >= 0.3 is 0 Å². The van der Waals surface area contributed by atoms with Crippen LogP contribution in [0.1, 0.15) is 5.56 Å². The van der Waals surface area contributed by atoms with Gasteiger partial charge in [0, 0.05) is 6.20 Å². The van der Waals surface area contributed by atoms with Crippen LogP contribution in [0, 0.1) is 11.3 Å². The molecule has 2 rings (SSSR count). The van der Waals surface area contributed by atoms with Gasteiger partial charge in [-0.3, -0.25) is 0 Å². The quantitative estimate of drug-likeness (QED) is 0.826. The van der Waals surface area contributed by atoms with Gasteiger partial charge < -0.3 is 10.5 Å². The molecule has 0 aliphatic rings. The predicted molar refractivity (Wildman–Crippen MR) is 64.9 cm³/mol. The minimum atomic E-state index is 0.190. The zero-order valence-electron chi connectivity index (χ0n) is 8.72. The van der Waals surface area contributed by atoms with E-state index in [0.29, 0.717) is 22.0 Å². The molecular formula is C12H8ClN3O. The molecule has 5 heteroatoms. The number of nitrogen functional groups attached to an aromatic ring is 1. The first kappa shape index (κ1) is 11.2. The molecular weight excluding hydrogens is 238 g/mol. The lowest BCUT2D eigenvalue weighted by Crippen LogP contribution is -1.96. The number of rotatable bonds is 2. The van der Waals surface area contributed by atoms with Gasteiger partial charge in [0.15, 0.2) is 5.75 Å². The van der Waals surface area contributed by atoms with Crippen molar-refractivity contribution < 1.29 is 4.74 Å². The van der Waals surface area contributed by atoms with Crippen LogP contribution >= 0.6 is 11.6 Å². The van der Waals surface area contributed by atoms with Crippen molar-refractivity contribution in [1.82, 2.24) is 4.98 Å². The fourth-order valence-corrected chi connectivity index (χ4v) is 1.51. The van der Waals surface area contributed by atoms with Crippen LogP contribution < -0.4 is 10.5 Å². The van der Waals surface area contributed by atoms with Crippen LogP contribution in [0.3, 0.4) is 0 Å². The summed E-state index contributed by atoms with van der Waals surface area (Å²) in [6, 6.07) is 10.3. The van der Waals surface area contributed by atoms with E-state index in [-0.39, 0.29) is 5.88 Å². The predicted octanol–water partition coefficient (Wildman–Crippen LogP) is 2.98. The van der Waals surface area contributed by atoms with Gasteiger partial charge in [0.05, 0.1) is 10.7 Å². The molecule has 0 atom stereocenters. The number of hydrogen-bond donors (Lipinski definition) is 1. The monoisotopic (exact) mass is 245 g/mol. The molecule has 1 heterocycles. The minimum absolute atomic E-state index is 0.190. The maximum absolute atomic E-state index is 8.90. The Hall–Kier alpha value is -2.25. The summed E-state index contributed by atoms with van der Waals surface area (Å²) in [5.74, 6) is 0.499. The molecule has 0 aliphatic carbocycles. The van der Waals surface area contributed by atoms with Gasteiger partial charge in [-0.2, -0.15) is 5.26 Å². The van der Waals surface area contributed by atoms with E-state index in [0.717, 1.165) is 0 Å². The van der Waals surface area contributed by atoms with Crippen LogP contribution in [0.15, 0.2) is 36.5 Å². The topological polar surface area (TPSA) is 71.9 Å². The van der Waals surface area contributed by atoms with E-state index in [4.69, 9.17) is 27.3 Å². The molecule has 0 bridgehead atoms. The fourth-order valence-electron chi connectivity index (χ4n) is 1.29. The first-order valence-electron chi connectivity index (χ1n) is 4.79. The number of pyridine rings is 1. The fraction of sp³-hybridized carbons (Fsp3) is 0. The van der Waals surface area contributed by atoms with Crippen molar-refractivity contribution >= 4 is 17.3 Å². The average Bonchev–Trinajstić information content (AvgIpc) is 2.34. The third-order valence-electron chi connectivity index (χ3n) is 2.09. The molecule has 84 valence electrons. The molecule has 2 aromatic rings. The van der Waals surface area contributed by atoms with Crippen LogP contribution in [-0.4, -0.2) is 4.98 Å². The highest BCUT2D eigenvalue weighted by molar-refractivity contribution is 6.32. The molecule has 0 spiro atoms. The number of anilines is 1. The molecule has 17 heavy (non-hydrogen) atoms. The second-order valence-electron chi connectivity index (χ2n) is 3.23. The Morgan fingerprint density at radius 1 is 1.29 bits per heavy atom. The number of nitrogens with zero attached hydrogens (tertiary/aromatic N) is 2. The summed E-state index contributed by atoms with van der Waals surface area (Å²) in [6.45, 7) is 0. The van der Waals surface area contributed by atoms with Gasteiger partial charge in [-0.05, 0) is 24.3 Å². The van der Waals surface area contributed by atoms with Gasteiger partial charge in [0.1, 0.15) is 11.6 Å². The highest BCUT2D eigenvalue weighted by Crippen LogP contribution is 2.34. The summed E-state index contributed by atoms with van der Waals surface area (Å²) in [4.78, 5) is 3.97. The molecule has 1 aromatic carbocycles. The van der Waals surface area contributed by atoms with E-state index < -0.39 is 0 Å². The van der Waals surface area contributed by atoms with Crippen molar-refractivity contribution in [3.63, 3.8) is 0 Å². The maximum atomic E-state index is 8.90. The highest BCUT2D eigenvalue weighted by Gasteiger charge is 2.10. The third-order valence-corrected chi connectivity index (χ3v) is 2.39. The average molecular weight is 246 g/mol. The Kier molecular flexibility index (Phi) is 3.12. The Morgan fingerprint density at radius 2 is 2.12 bits per heavy atom. The summed E-state index contributed by atoms with van der Waals surface area (Å²) in [5, 5.41) is 9.28. The molecule has 0 unspecified atom stereocenters. The van der Waals surface area contributed by atoms with Crippen LogP contribution in [0.5, 0.6) is 11.6 Å². The number of nitrogens with two attached hydrogens (primary N) is 1. The van der Waals surface area contributed by atoms with E-state index in [2.05, 4.69) is 4.98 Å². The van der Waals surface area contributed by atoms with Gasteiger partial charge in [-0.1, -0.05) is 17.7 Å². The van der Waals surface area contributed by atoms with Crippen molar-refractivity contribution in [2.45, 2.75) is 0 Å². The summed E-state index contributed by atoms with van der Waals surface area (Å²) in [7, 11) is 0. The number of benzene rings is 1. The van der Waals surface area contributed by atoms with Crippen molar-refractivity contribution in [2.75, 3.05) is 5.73 Å². The Morgan fingerprint density at radius 3 is 2.82 bits per heavy atom. The number of ether oxygens (including phenoxy) is 1. The lowest BCUT2D eigenvalue weighted by atomic mass is 10.3. The van der Waals surface area contributed by atoms with Crippen LogP contribution in [0.4, 0.5) is 5.69 Å². The number of aromatic nitrogens is 1. The SMILES string of the molecule is N#Cc1cccnc1Oc1c(N)cccc1Cl. The van der Waals surface area contributed by atoms with Gasteiger partial charge in [0.2, 0.25) is 5.88 Å². The van der Waals surface area contributed by atoms with Crippen LogP contribution in [0.2, 0.25) is 5.02 Å². The van der Waals surface area contributed by atoms with E-state index in [1.807, 2.05) is 6.07 Å². The third kappa shape index (κ3) is 2.30. The zero-order chi connectivity index (χ0) is 12.3. The van der Waals surface area contributed by atoms with Crippen molar-refractivity contribution in [3.8, 4) is 17.7 Å². The van der Waals surface area contributed by atoms with Gasteiger partial charge in [0.25, 0.3) is 0 Å². The van der Waals surface area contributed by atoms with Crippen molar-refractivity contribution in [3.05, 3.63) is 47.1 Å². The molecule has 1 aromatic heterocycles. The molecule has 0 aliphatic heterocycles. The summed E-state index contributed by atoms with van der Waals surface area (Å²) in [6.07, 6.45) is 1.53. The first-order valence-corrected chi connectivity index (χ1v) is 5.17.